The Kier molecular flexibility index (Phi) is 3.64. The van der Waals surface area contributed by atoms with Crippen LogP contribution in [-0.4, -0.2) is 28.4 Å². The quantitative estimate of drug-likeness (QED) is 0.863. The highest BCUT2D eigenvalue weighted by Crippen LogP contribution is 2.27. The lowest BCUT2D eigenvalue weighted by Crippen LogP contribution is -2.31. The highest BCUT2D eigenvalue weighted by Gasteiger charge is 2.41. The SMILES string of the molecule is O=C1OC(c2ccccc2)C(=O)N1CCc1ccccn1. The van der Waals surface area contributed by atoms with Crippen LogP contribution in [0.3, 0.4) is 0 Å². The summed E-state index contributed by atoms with van der Waals surface area (Å²) in [7, 11) is 0. The summed E-state index contributed by atoms with van der Waals surface area (Å²) in [5.74, 6) is -0.317. The van der Waals surface area contributed by atoms with Crippen molar-refractivity contribution < 1.29 is 14.3 Å². The molecule has 5 nitrogen and oxygen atoms in total. The van der Waals surface area contributed by atoms with Gasteiger partial charge in [-0.3, -0.25) is 9.78 Å². The molecule has 1 unspecified atom stereocenters. The molecule has 1 aliphatic rings. The van der Waals surface area contributed by atoms with Gasteiger partial charge in [0.05, 0.1) is 0 Å². The zero-order valence-electron chi connectivity index (χ0n) is 11.3. The number of benzene rings is 1. The monoisotopic (exact) mass is 282 g/mol. The van der Waals surface area contributed by atoms with Crippen LogP contribution in [-0.2, 0) is 16.0 Å². The summed E-state index contributed by atoms with van der Waals surface area (Å²) in [6, 6.07) is 14.6. The molecular weight excluding hydrogens is 268 g/mol. The van der Waals surface area contributed by atoms with E-state index in [0.717, 1.165) is 10.6 Å². The molecule has 0 bridgehead atoms. The fraction of sp³-hybridized carbons (Fsp3) is 0.188. The topological polar surface area (TPSA) is 59.5 Å². The van der Waals surface area contributed by atoms with Gasteiger partial charge in [0.15, 0.2) is 0 Å². The highest BCUT2D eigenvalue weighted by atomic mass is 16.6. The number of imide groups is 1. The second-order valence-electron chi connectivity index (χ2n) is 4.74. The Balaban J connectivity index is 1.70. The Hall–Kier alpha value is -2.69. The molecule has 1 aliphatic heterocycles. The van der Waals surface area contributed by atoms with Gasteiger partial charge < -0.3 is 4.74 Å². The van der Waals surface area contributed by atoms with Gasteiger partial charge in [0, 0.05) is 30.4 Å². The Morgan fingerprint density at radius 3 is 2.52 bits per heavy atom. The third-order valence-electron chi connectivity index (χ3n) is 3.35. The number of carbonyl (C=O) groups excluding carboxylic acids is 2. The number of amides is 2. The largest absolute Gasteiger partial charge is 0.431 e. The number of aromatic nitrogens is 1. The maximum atomic E-state index is 12.3. The third kappa shape index (κ3) is 2.76. The van der Waals surface area contributed by atoms with E-state index in [4.69, 9.17) is 4.74 Å². The van der Waals surface area contributed by atoms with Crippen LogP contribution in [0.2, 0.25) is 0 Å². The molecule has 1 fully saturated rings. The second-order valence-corrected chi connectivity index (χ2v) is 4.74. The Labute approximate surface area is 122 Å². The molecule has 1 aromatic carbocycles. The summed E-state index contributed by atoms with van der Waals surface area (Å²) >= 11 is 0. The first-order valence-electron chi connectivity index (χ1n) is 6.72. The summed E-state index contributed by atoms with van der Waals surface area (Å²) in [4.78, 5) is 29.5. The minimum atomic E-state index is -0.831. The van der Waals surface area contributed by atoms with Gasteiger partial charge in [0.25, 0.3) is 5.91 Å². The predicted molar refractivity (Wildman–Crippen MR) is 75.3 cm³/mol. The lowest BCUT2D eigenvalue weighted by atomic mass is 10.1. The van der Waals surface area contributed by atoms with E-state index in [-0.39, 0.29) is 12.5 Å². The first-order chi connectivity index (χ1) is 10.3. The predicted octanol–water partition coefficient (Wildman–Crippen LogP) is 2.34. The van der Waals surface area contributed by atoms with Crippen molar-refractivity contribution in [2.75, 3.05) is 6.54 Å². The number of carbonyl (C=O) groups is 2. The number of pyridine rings is 1. The van der Waals surface area contributed by atoms with Gasteiger partial charge >= 0.3 is 6.09 Å². The van der Waals surface area contributed by atoms with Crippen molar-refractivity contribution in [3.05, 3.63) is 66.0 Å². The van der Waals surface area contributed by atoms with E-state index in [9.17, 15) is 9.59 Å². The maximum Gasteiger partial charge on any atom is 0.417 e. The summed E-state index contributed by atoms with van der Waals surface area (Å²) in [5, 5.41) is 0. The number of rotatable bonds is 4. The zero-order valence-corrected chi connectivity index (χ0v) is 11.3. The minimum Gasteiger partial charge on any atom is -0.431 e. The summed E-state index contributed by atoms with van der Waals surface area (Å²) in [5.41, 5.74) is 1.53. The molecule has 0 radical (unpaired) electrons. The smallest absolute Gasteiger partial charge is 0.417 e. The van der Waals surface area contributed by atoms with Crippen LogP contribution in [0.15, 0.2) is 54.7 Å². The lowest BCUT2D eigenvalue weighted by Gasteiger charge is -2.10. The molecule has 1 atom stereocenters. The number of ether oxygens (including phenoxy) is 1. The molecule has 3 rings (SSSR count). The molecule has 0 aliphatic carbocycles. The molecule has 0 saturated carbocycles. The second kappa shape index (κ2) is 5.75. The van der Waals surface area contributed by atoms with Crippen LogP contribution >= 0.6 is 0 Å². The van der Waals surface area contributed by atoms with Crippen molar-refractivity contribution in [3.8, 4) is 0 Å². The molecule has 1 saturated heterocycles. The number of hydrogen-bond donors (Lipinski definition) is 0. The molecule has 21 heavy (non-hydrogen) atoms. The van der Waals surface area contributed by atoms with Gasteiger partial charge in [-0.1, -0.05) is 36.4 Å². The van der Waals surface area contributed by atoms with Gasteiger partial charge in [-0.2, -0.15) is 0 Å². The number of hydrogen-bond acceptors (Lipinski definition) is 4. The molecular formula is C16H14N2O3. The van der Waals surface area contributed by atoms with Gasteiger partial charge in [0.1, 0.15) is 0 Å². The Morgan fingerprint density at radius 1 is 1.05 bits per heavy atom. The molecule has 0 N–H and O–H groups in total. The van der Waals surface area contributed by atoms with Crippen molar-refractivity contribution in [2.45, 2.75) is 12.5 Å². The van der Waals surface area contributed by atoms with Crippen LogP contribution in [0, 0.1) is 0 Å². The lowest BCUT2D eigenvalue weighted by molar-refractivity contribution is -0.129. The van der Waals surface area contributed by atoms with Crippen LogP contribution < -0.4 is 0 Å². The maximum absolute atomic E-state index is 12.3. The van der Waals surface area contributed by atoms with Crippen LogP contribution in [0.25, 0.3) is 0 Å². The minimum absolute atomic E-state index is 0.276. The van der Waals surface area contributed by atoms with E-state index in [1.54, 1.807) is 18.3 Å². The molecule has 2 heterocycles. The fourth-order valence-electron chi connectivity index (χ4n) is 2.26. The fourth-order valence-corrected chi connectivity index (χ4v) is 2.26. The van der Waals surface area contributed by atoms with Crippen LogP contribution in [0.5, 0.6) is 0 Å². The molecule has 106 valence electrons. The summed E-state index contributed by atoms with van der Waals surface area (Å²) < 4.78 is 5.18. The number of cyclic esters (lactones) is 1. The molecule has 2 aromatic rings. The van der Waals surface area contributed by atoms with E-state index < -0.39 is 12.2 Å². The first kappa shape index (κ1) is 13.3. The molecule has 2 amide bonds. The Morgan fingerprint density at radius 2 is 1.81 bits per heavy atom. The van der Waals surface area contributed by atoms with E-state index >= 15 is 0 Å². The molecule has 5 heteroatoms. The first-order valence-corrected chi connectivity index (χ1v) is 6.72. The molecule has 1 aromatic heterocycles. The van der Waals surface area contributed by atoms with Crippen molar-refractivity contribution in [1.82, 2.24) is 9.88 Å². The van der Waals surface area contributed by atoms with Crippen molar-refractivity contribution >= 4 is 12.0 Å². The highest BCUT2D eigenvalue weighted by molar-refractivity contribution is 6.00. The van der Waals surface area contributed by atoms with Crippen molar-refractivity contribution in [1.29, 1.82) is 0 Å². The van der Waals surface area contributed by atoms with E-state index in [1.807, 2.05) is 36.4 Å². The zero-order chi connectivity index (χ0) is 14.7. The average molecular weight is 282 g/mol. The van der Waals surface area contributed by atoms with Gasteiger partial charge in [-0.05, 0) is 12.1 Å². The average Bonchev–Trinajstić information content (AvgIpc) is 2.82. The van der Waals surface area contributed by atoms with E-state index in [1.165, 1.54) is 0 Å². The third-order valence-corrected chi connectivity index (χ3v) is 3.35. The molecule has 0 spiro atoms. The Bertz CT molecular complexity index is 643. The number of nitrogens with zero attached hydrogens (tertiary/aromatic N) is 2. The standard InChI is InChI=1S/C16H14N2O3/c19-15-14(12-6-2-1-3-7-12)21-16(20)18(15)11-9-13-8-4-5-10-17-13/h1-8,10,14H,9,11H2. The van der Waals surface area contributed by atoms with Gasteiger partial charge in [-0.25, -0.2) is 9.69 Å². The van der Waals surface area contributed by atoms with Crippen molar-refractivity contribution in [3.63, 3.8) is 0 Å². The van der Waals surface area contributed by atoms with Crippen LogP contribution in [0.1, 0.15) is 17.4 Å². The van der Waals surface area contributed by atoms with Crippen LogP contribution in [0.4, 0.5) is 4.79 Å². The summed E-state index contributed by atoms with van der Waals surface area (Å²) in [6.45, 7) is 0.276. The van der Waals surface area contributed by atoms with Crippen molar-refractivity contribution in [2.24, 2.45) is 0 Å². The normalized spacial score (nSPS) is 17.9. The van der Waals surface area contributed by atoms with E-state index in [2.05, 4.69) is 4.98 Å². The summed E-state index contributed by atoms with van der Waals surface area (Å²) in [6.07, 6.45) is 0.780. The van der Waals surface area contributed by atoms with Gasteiger partial charge in [-0.15, -0.1) is 0 Å². The van der Waals surface area contributed by atoms with Gasteiger partial charge in [0.2, 0.25) is 6.10 Å². The van der Waals surface area contributed by atoms with E-state index in [0.29, 0.717) is 12.0 Å².